The molecule has 0 fully saturated rings. The summed E-state index contributed by atoms with van der Waals surface area (Å²) >= 11 is 0. The first kappa shape index (κ1) is 19.4. The summed E-state index contributed by atoms with van der Waals surface area (Å²) in [6, 6.07) is 17.8. The Balaban J connectivity index is 2.01. The number of carbonyl (C=O) groups is 1. The van der Waals surface area contributed by atoms with E-state index >= 15 is 0 Å². The maximum atomic E-state index is 12.3. The van der Waals surface area contributed by atoms with E-state index in [9.17, 15) is 10.1 Å². The van der Waals surface area contributed by atoms with Gasteiger partial charge in [0.1, 0.15) is 11.6 Å². The summed E-state index contributed by atoms with van der Waals surface area (Å²) in [7, 11) is 2.07. The summed E-state index contributed by atoms with van der Waals surface area (Å²) in [5.41, 5.74) is 4.31. The Morgan fingerprint density at radius 3 is 2.54 bits per heavy atom. The molecule has 0 aliphatic rings. The number of nitrogens with one attached hydrogen (secondary N) is 1. The van der Waals surface area contributed by atoms with Crippen molar-refractivity contribution in [1.29, 1.82) is 5.26 Å². The molecule has 0 heterocycles. The van der Waals surface area contributed by atoms with E-state index in [1.165, 1.54) is 5.56 Å². The molecular formula is C22H25N3O. The summed E-state index contributed by atoms with van der Waals surface area (Å²) in [5, 5.41) is 12.1. The van der Waals surface area contributed by atoms with Crippen molar-refractivity contribution >= 4 is 12.0 Å². The molecule has 4 nitrogen and oxygen atoms in total. The van der Waals surface area contributed by atoms with Gasteiger partial charge in [0.05, 0.1) is 0 Å². The van der Waals surface area contributed by atoms with Crippen molar-refractivity contribution in [3.05, 3.63) is 76.4 Å². The van der Waals surface area contributed by atoms with E-state index in [1.54, 1.807) is 6.08 Å². The highest BCUT2D eigenvalue weighted by molar-refractivity contribution is 6.01. The average molecular weight is 347 g/mol. The van der Waals surface area contributed by atoms with Crippen molar-refractivity contribution in [2.24, 2.45) is 0 Å². The number of benzene rings is 2. The van der Waals surface area contributed by atoms with Gasteiger partial charge in [0.15, 0.2) is 0 Å². The number of nitriles is 1. The second kappa shape index (κ2) is 9.55. The molecule has 0 radical (unpaired) electrons. The fourth-order valence-corrected chi connectivity index (χ4v) is 2.52. The molecular weight excluding hydrogens is 322 g/mol. The number of amides is 1. The van der Waals surface area contributed by atoms with E-state index in [0.717, 1.165) is 29.8 Å². The smallest absolute Gasteiger partial charge is 0.262 e. The average Bonchev–Trinajstić information content (AvgIpc) is 2.65. The maximum Gasteiger partial charge on any atom is 0.262 e. The van der Waals surface area contributed by atoms with E-state index in [0.29, 0.717) is 6.54 Å². The number of hydrogen-bond acceptors (Lipinski definition) is 3. The minimum absolute atomic E-state index is 0.107. The number of aryl methyl sites for hydroxylation is 1. The number of rotatable bonds is 7. The molecule has 0 unspecified atom stereocenters. The van der Waals surface area contributed by atoms with E-state index < -0.39 is 0 Å². The fourth-order valence-electron chi connectivity index (χ4n) is 2.52. The van der Waals surface area contributed by atoms with Gasteiger partial charge in [-0.05, 0) is 43.3 Å². The van der Waals surface area contributed by atoms with Gasteiger partial charge in [0.2, 0.25) is 0 Å². The zero-order chi connectivity index (χ0) is 18.9. The van der Waals surface area contributed by atoms with Crippen LogP contribution >= 0.6 is 0 Å². The van der Waals surface area contributed by atoms with Crippen molar-refractivity contribution in [3.8, 4) is 6.07 Å². The van der Waals surface area contributed by atoms with Crippen LogP contribution in [0, 0.1) is 18.3 Å². The Hall–Kier alpha value is -2.90. The molecule has 0 spiro atoms. The van der Waals surface area contributed by atoms with Crippen LogP contribution in [0.5, 0.6) is 0 Å². The molecule has 0 atom stereocenters. The number of hydrogen-bond donors (Lipinski definition) is 1. The van der Waals surface area contributed by atoms with Gasteiger partial charge in [-0.1, -0.05) is 61.0 Å². The van der Waals surface area contributed by atoms with E-state index in [1.807, 2.05) is 49.4 Å². The molecule has 0 saturated carbocycles. The van der Waals surface area contributed by atoms with Crippen LogP contribution in [0.4, 0.5) is 0 Å². The molecule has 26 heavy (non-hydrogen) atoms. The Bertz CT molecular complexity index is 816. The number of nitrogens with zero attached hydrogens (tertiary/aromatic N) is 2. The molecule has 0 bridgehead atoms. The molecule has 2 rings (SSSR count). The second-order valence-electron chi connectivity index (χ2n) is 6.41. The molecule has 0 aromatic heterocycles. The van der Waals surface area contributed by atoms with Gasteiger partial charge in [-0.15, -0.1) is 0 Å². The number of carbonyl (C=O) groups excluding carboxylic acids is 1. The monoisotopic (exact) mass is 347 g/mol. The van der Waals surface area contributed by atoms with E-state index in [-0.39, 0.29) is 11.5 Å². The third kappa shape index (κ3) is 5.87. The van der Waals surface area contributed by atoms with Crippen LogP contribution in [0.3, 0.4) is 0 Å². The Kier molecular flexibility index (Phi) is 7.13. The van der Waals surface area contributed by atoms with Crippen LogP contribution in [0.25, 0.3) is 6.08 Å². The van der Waals surface area contributed by atoms with Crippen LogP contribution in [-0.4, -0.2) is 24.4 Å². The quantitative estimate of drug-likeness (QED) is 0.614. The van der Waals surface area contributed by atoms with Gasteiger partial charge in [0.25, 0.3) is 5.91 Å². The van der Waals surface area contributed by atoms with Gasteiger partial charge in [0, 0.05) is 13.1 Å². The molecule has 2 aromatic carbocycles. The first-order valence-corrected chi connectivity index (χ1v) is 8.75. The first-order chi connectivity index (χ1) is 12.5. The Morgan fingerprint density at radius 2 is 1.88 bits per heavy atom. The van der Waals surface area contributed by atoms with Crippen molar-refractivity contribution in [2.45, 2.75) is 26.9 Å². The van der Waals surface area contributed by atoms with Crippen LogP contribution in [0.1, 0.15) is 29.2 Å². The largest absolute Gasteiger partial charge is 0.347 e. The third-order valence-electron chi connectivity index (χ3n) is 4.19. The molecule has 134 valence electrons. The summed E-state index contributed by atoms with van der Waals surface area (Å²) in [6.45, 7) is 6.37. The Morgan fingerprint density at radius 1 is 1.19 bits per heavy atom. The highest BCUT2D eigenvalue weighted by Crippen LogP contribution is 2.10. The van der Waals surface area contributed by atoms with Crippen LogP contribution in [-0.2, 0) is 17.9 Å². The zero-order valence-corrected chi connectivity index (χ0v) is 15.6. The molecule has 1 N–H and O–H groups in total. The lowest BCUT2D eigenvalue weighted by atomic mass is 10.1. The Labute approximate surface area is 155 Å². The van der Waals surface area contributed by atoms with Gasteiger partial charge in [-0.2, -0.15) is 5.26 Å². The minimum Gasteiger partial charge on any atom is -0.347 e. The summed E-state index contributed by atoms with van der Waals surface area (Å²) < 4.78 is 0. The summed E-state index contributed by atoms with van der Waals surface area (Å²) in [6.07, 6.45) is 1.61. The predicted octanol–water partition coefficient (Wildman–Crippen LogP) is 3.67. The predicted molar refractivity (Wildman–Crippen MR) is 105 cm³/mol. The van der Waals surface area contributed by atoms with Gasteiger partial charge < -0.3 is 10.2 Å². The first-order valence-electron chi connectivity index (χ1n) is 8.75. The lowest BCUT2D eigenvalue weighted by molar-refractivity contribution is -0.117. The van der Waals surface area contributed by atoms with Gasteiger partial charge in [-0.3, -0.25) is 4.79 Å². The highest BCUT2D eigenvalue weighted by atomic mass is 16.1. The topological polar surface area (TPSA) is 56.1 Å². The molecule has 0 aliphatic heterocycles. The normalized spacial score (nSPS) is 11.3. The highest BCUT2D eigenvalue weighted by Gasteiger charge is 2.09. The lowest BCUT2D eigenvalue weighted by Crippen LogP contribution is -2.24. The minimum atomic E-state index is -0.357. The van der Waals surface area contributed by atoms with Gasteiger partial charge in [-0.25, -0.2) is 0 Å². The molecule has 0 saturated heterocycles. The molecule has 2 aromatic rings. The second-order valence-corrected chi connectivity index (χ2v) is 6.41. The van der Waals surface area contributed by atoms with Crippen molar-refractivity contribution < 1.29 is 4.79 Å². The van der Waals surface area contributed by atoms with Crippen LogP contribution in [0.15, 0.2) is 54.1 Å². The van der Waals surface area contributed by atoms with Crippen LogP contribution < -0.4 is 5.32 Å². The molecule has 0 aliphatic carbocycles. The summed E-state index contributed by atoms with van der Waals surface area (Å²) in [5.74, 6) is -0.357. The van der Waals surface area contributed by atoms with E-state index in [2.05, 4.69) is 36.3 Å². The van der Waals surface area contributed by atoms with E-state index in [4.69, 9.17) is 0 Å². The molecule has 1 amide bonds. The zero-order valence-electron chi connectivity index (χ0n) is 15.6. The molecule has 4 heteroatoms. The SMILES string of the molecule is CCN(C)Cc1cccc(CNC(=O)/C(C#N)=C\c2ccc(C)cc2)c1. The third-order valence-corrected chi connectivity index (χ3v) is 4.19. The van der Waals surface area contributed by atoms with Crippen molar-refractivity contribution in [1.82, 2.24) is 10.2 Å². The fraction of sp³-hybridized carbons (Fsp3) is 0.273. The maximum absolute atomic E-state index is 12.3. The van der Waals surface area contributed by atoms with Crippen molar-refractivity contribution in [3.63, 3.8) is 0 Å². The van der Waals surface area contributed by atoms with Crippen molar-refractivity contribution in [2.75, 3.05) is 13.6 Å². The standard InChI is InChI=1S/C22H25N3O/c1-4-25(3)16-20-7-5-6-19(12-20)15-24-22(26)21(14-23)13-18-10-8-17(2)9-11-18/h5-13H,4,15-16H2,1-3H3,(H,24,26)/b21-13-. The lowest BCUT2D eigenvalue weighted by Gasteiger charge is -2.14. The summed E-state index contributed by atoms with van der Waals surface area (Å²) in [4.78, 5) is 14.5. The van der Waals surface area contributed by atoms with Crippen LogP contribution in [0.2, 0.25) is 0 Å². The van der Waals surface area contributed by atoms with Gasteiger partial charge >= 0.3 is 0 Å².